The van der Waals surface area contributed by atoms with Gasteiger partial charge in [0.2, 0.25) is 0 Å². The minimum Gasteiger partial charge on any atom is -0.490 e. The molecule has 0 spiro atoms. The van der Waals surface area contributed by atoms with Crippen LogP contribution in [0.2, 0.25) is 0 Å². The van der Waals surface area contributed by atoms with Crippen molar-refractivity contribution >= 4 is 22.8 Å². The van der Waals surface area contributed by atoms with E-state index >= 15 is 0 Å². The summed E-state index contributed by atoms with van der Waals surface area (Å²) in [6, 6.07) is 4.27. The molecule has 0 aliphatic heterocycles. The summed E-state index contributed by atoms with van der Waals surface area (Å²) in [5, 5.41) is -0.667. The van der Waals surface area contributed by atoms with Crippen LogP contribution in [0, 0.1) is 0 Å². The van der Waals surface area contributed by atoms with Crippen LogP contribution in [0.5, 0.6) is 5.75 Å². The Morgan fingerprint density at radius 2 is 2.00 bits per heavy atom. The number of benzene rings is 1. The van der Waals surface area contributed by atoms with Gasteiger partial charge in [0.15, 0.2) is 0 Å². The Bertz CT molecular complexity index is 454. The topological polar surface area (TPSA) is 52.6 Å². The van der Waals surface area contributed by atoms with Crippen molar-refractivity contribution < 1.29 is 19.1 Å². The first-order valence-electron chi connectivity index (χ1n) is 4.75. The molecule has 0 fully saturated rings. The van der Waals surface area contributed by atoms with Gasteiger partial charge in [-0.15, -0.1) is 0 Å². The van der Waals surface area contributed by atoms with Gasteiger partial charge >= 0.3 is 5.97 Å². The maximum absolute atomic E-state index is 11.4. The standard InChI is InChI=1S/C12H11ClO4/c1-3-4-17-10-6-8(11(13)14)5-9(7-10)12(15)16-2/h3,5-7H,1,4H2,2H3. The van der Waals surface area contributed by atoms with Crippen LogP contribution < -0.4 is 4.74 Å². The van der Waals surface area contributed by atoms with E-state index in [1.165, 1.54) is 25.3 Å². The molecule has 0 aliphatic rings. The second-order valence-electron chi connectivity index (χ2n) is 3.11. The van der Waals surface area contributed by atoms with E-state index in [4.69, 9.17) is 16.3 Å². The van der Waals surface area contributed by atoms with Crippen LogP contribution in [-0.2, 0) is 4.74 Å². The first-order chi connectivity index (χ1) is 8.08. The fourth-order valence-electron chi connectivity index (χ4n) is 1.19. The van der Waals surface area contributed by atoms with Gasteiger partial charge in [-0.1, -0.05) is 12.7 Å². The van der Waals surface area contributed by atoms with Gasteiger partial charge in [0.05, 0.1) is 12.7 Å². The lowest BCUT2D eigenvalue weighted by Gasteiger charge is -2.07. The highest BCUT2D eigenvalue weighted by Gasteiger charge is 2.12. The lowest BCUT2D eigenvalue weighted by molar-refractivity contribution is 0.0600. The number of esters is 1. The van der Waals surface area contributed by atoms with Crippen LogP contribution in [0.25, 0.3) is 0 Å². The summed E-state index contributed by atoms with van der Waals surface area (Å²) in [6.45, 7) is 3.76. The molecule has 0 bridgehead atoms. The van der Waals surface area contributed by atoms with Crippen LogP contribution in [0.1, 0.15) is 20.7 Å². The minimum absolute atomic E-state index is 0.175. The van der Waals surface area contributed by atoms with Crippen LogP contribution in [-0.4, -0.2) is 24.9 Å². The molecule has 0 saturated carbocycles. The maximum Gasteiger partial charge on any atom is 0.338 e. The highest BCUT2D eigenvalue weighted by molar-refractivity contribution is 6.67. The third-order valence-electron chi connectivity index (χ3n) is 1.92. The third kappa shape index (κ3) is 3.60. The monoisotopic (exact) mass is 254 g/mol. The number of carbonyl (C=O) groups excluding carboxylic acids is 2. The Morgan fingerprint density at radius 1 is 1.35 bits per heavy atom. The fraction of sp³-hybridized carbons (Fsp3) is 0.167. The Morgan fingerprint density at radius 3 is 2.53 bits per heavy atom. The van der Waals surface area contributed by atoms with Crippen LogP contribution in [0.3, 0.4) is 0 Å². The molecule has 4 nitrogen and oxygen atoms in total. The van der Waals surface area contributed by atoms with E-state index in [2.05, 4.69) is 11.3 Å². The van der Waals surface area contributed by atoms with Crippen molar-refractivity contribution in [2.24, 2.45) is 0 Å². The number of halogens is 1. The molecule has 90 valence electrons. The molecule has 1 rings (SSSR count). The molecular formula is C12H11ClO4. The first-order valence-corrected chi connectivity index (χ1v) is 5.13. The molecule has 5 heteroatoms. The highest BCUT2D eigenvalue weighted by Crippen LogP contribution is 2.19. The summed E-state index contributed by atoms with van der Waals surface area (Å²) in [5.41, 5.74) is 0.381. The Kier molecular flexibility index (Phi) is 4.72. The quantitative estimate of drug-likeness (QED) is 0.460. The SMILES string of the molecule is C=CCOc1cc(C(=O)Cl)cc(C(=O)OC)c1. The number of ether oxygens (including phenoxy) is 2. The summed E-state index contributed by atoms with van der Waals surface area (Å²) in [6.07, 6.45) is 1.55. The third-order valence-corrected chi connectivity index (χ3v) is 2.14. The fourth-order valence-corrected chi connectivity index (χ4v) is 1.30. The van der Waals surface area contributed by atoms with Crippen LogP contribution in [0.15, 0.2) is 30.9 Å². The Labute approximate surface area is 104 Å². The first kappa shape index (κ1) is 13.3. The summed E-state index contributed by atoms with van der Waals surface area (Å²) in [7, 11) is 1.25. The second kappa shape index (κ2) is 6.06. The second-order valence-corrected chi connectivity index (χ2v) is 3.45. The van der Waals surface area contributed by atoms with Gasteiger partial charge in [-0.3, -0.25) is 4.79 Å². The van der Waals surface area contributed by atoms with Crippen LogP contribution >= 0.6 is 11.6 Å². The van der Waals surface area contributed by atoms with Crippen molar-refractivity contribution in [3.8, 4) is 5.75 Å². The minimum atomic E-state index is -0.667. The maximum atomic E-state index is 11.4. The molecule has 0 aromatic heterocycles. The zero-order valence-corrected chi connectivity index (χ0v) is 9.99. The molecule has 1 aromatic rings. The summed E-state index contributed by atoms with van der Waals surface area (Å²) in [4.78, 5) is 22.4. The number of hydrogen-bond acceptors (Lipinski definition) is 4. The average Bonchev–Trinajstić information content (AvgIpc) is 2.34. The predicted octanol–water partition coefficient (Wildman–Crippen LogP) is 2.42. The van der Waals surface area contributed by atoms with Crippen molar-refractivity contribution in [1.82, 2.24) is 0 Å². The van der Waals surface area contributed by atoms with Crippen molar-refractivity contribution in [2.75, 3.05) is 13.7 Å². The Hall–Kier alpha value is -1.81. The molecule has 0 unspecified atom stereocenters. The van der Waals surface area contributed by atoms with Crippen LogP contribution in [0.4, 0.5) is 0 Å². The molecule has 1 aromatic carbocycles. The summed E-state index contributed by atoms with van der Waals surface area (Å²) < 4.78 is 9.81. The number of rotatable bonds is 5. The van der Waals surface area contributed by atoms with E-state index in [1.807, 2.05) is 0 Å². The molecular weight excluding hydrogens is 244 g/mol. The summed E-state index contributed by atoms with van der Waals surface area (Å²) in [5.74, 6) is -0.204. The molecule has 0 saturated heterocycles. The van der Waals surface area contributed by atoms with E-state index in [0.29, 0.717) is 5.75 Å². The molecule has 0 radical (unpaired) electrons. The van der Waals surface area contributed by atoms with Gasteiger partial charge in [0.1, 0.15) is 12.4 Å². The van der Waals surface area contributed by atoms with E-state index < -0.39 is 11.2 Å². The predicted molar refractivity (Wildman–Crippen MR) is 63.7 cm³/mol. The Balaban J connectivity index is 3.13. The van der Waals surface area contributed by atoms with E-state index in [1.54, 1.807) is 6.08 Å². The lowest BCUT2D eigenvalue weighted by Crippen LogP contribution is -2.04. The number of hydrogen-bond donors (Lipinski definition) is 0. The van der Waals surface area contributed by atoms with E-state index in [-0.39, 0.29) is 17.7 Å². The van der Waals surface area contributed by atoms with Gasteiger partial charge in [0.25, 0.3) is 5.24 Å². The summed E-state index contributed by atoms with van der Waals surface area (Å²) >= 11 is 5.36. The zero-order valence-electron chi connectivity index (χ0n) is 9.23. The molecule has 17 heavy (non-hydrogen) atoms. The van der Waals surface area contributed by atoms with Gasteiger partial charge in [-0.25, -0.2) is 4.79 Å². The van der Waals surface area contributed by atoms with E-state index in [0.717, 1.165) is 0 Å². The molecule has 0 N–H and O–H groups in total. The number of carbonyl (C=O) groups is 2. The van der Waals surface area contributed by atoms with Crippen molar-refractivity contribution in [1.29, 1.82) is 0 Å². The van der Waals surface area contributed by atoms with Gasteiger partial charge in [-0.05, 0) is 29.8 Å². The molecule has 0 heterocycles. The smallest absolute Gasteiger partial charge is 0.338 e. The largest absolute Gasteiger partial charge is 0.490 e. The van der Waals surface area contributed by atoms with Gasteiger partial charge in [0, 0.05) is 5.56 Å². The van der Waals surface area contributed by atoms with Crippen molar-refractivity contribution in [2.45, 2.75) is 0 Å². The normalized spacial score (nSPS) is 9.53. The van der Waals surface area contributed by atoms with Crippen molar-refractivity contribution in [3.63, 3.8) is 0 Å². The molecule has 0 atom stereocenters. The van der Waals surface area contributed by atoms with E-state index in [9.17, 15) is 9.59 Å². The number of methoxy groups -OCH3 is 1. The van der Waals surface area contributed by atoms with Gasteiger partial charge in [-0.2, -0.15) is 0 Å². The molecule has 0 aliphatic carbocycles. The zero-order chi connectivity index (χ0) is 12.8. The van der Waals surface area contributed by atoms with Gasteiger partial charge < -0.3 is 9.47 Å². The average molecular weight is 255 g/mol. The van der Waals surface area contributed by atoms with Crippen molar-refractivity contribution in [3.05, 3.63) is 42.0 Å². The molecule has 0 amide bonds. The lowest BCUT2D eigenvalue weighted by atomic mass is 10.1. The highest BCUT2D eigenvalue weighted by atomic mass is 35.5.